The van der Waals surface area contributed by atoms with Crippen molar-refractivity contribution in [1.82, 2.24) is 4.31 Å². The number of nitrogens with zero attached hydrogens (tertiary/aromatic N) is 2. The summed E-state index contributed by atoms with van der Waals surface area (Å²) in [4.78, 5) is 12.6. The Labute approximate surface area is 196 Å². The molecule has 3 aromatic rings. The molecule has 0 saturated carbocycles. The van der Waals surface area contributed by atoms with Crippen molar-refractivity contribution in [2.45, 2.75) is 6.54 Å². The van der Waals surface area contributed by atoms with Gasteiger partial charge in [0, 0.05) is 19.7 Å². The normalized spacial score (nSPS) is 11.4. The lowest BCUT2D eigenvalue weighted by Gasteiger charge is -2.27. The highest BCUT2D eigenvalue weighted by Gasteiger charge is 2.27. The topological polar surface area (TPSA) is 69.7 Å². The van der Waals surface area contributed by atoms with Crippen LogP contribution in [0.5, 0.6) is 0 Å². The Hall–Kier alpha value is -2.65. The predicted molar refractivity (Wildman–Crippen MR) is 126 cm³/mol. The quantitative estimate of drug-likeness (QED) is 0.489. The Bertz CT molecular complexity index is 1220. The Balaban J connectivity index is 1.85. The maximum absolute atomic E-state index is 14.4. The zero-order valence-corrected chi connectivity index (χ0v) is 19.5. The van der Waals surface area contributed by atoms with Gasteiger partial charge in [-0.25, -0.2) is 4.39 Å². The summed E-state index contributed by atoms with van der Waals surface area (Å²) >= 11 is 12.2. The minimum atomic E-state index is -3.97. The molecule has 1 amide bonds. The van der Waals surface area contributed by atoms with Gasteiger partial charge in [-0.2, -0.15) is 12.7 Å². The third-order valence-electron chi connectivity index (χ3n) is 4.60. The summed E-state index contributed by atoms with van der Waals surface area (Å²) in [7, 11) is -1.23. The molecule has 0 heterocycles. The number of benzene rings is 3. The van der Waals surface area contributed by atoms with Crippen molar-refractivity contribution in [3.05, 3.63) is 93.7 Å². The molecule has 0 bridgehead atoms. The first kappa shape index (κ1) is 24.0. The van der Waals surface area contributed by atoms with Gasteiger partial charge in [0.1, 0.15) is 5.82 Å². The van der Waals surface area contributed by atoms with Gasteiger partial charge in [0.25, 0.3) is 5.91 Å². The van der Waals surface area contributed by atoms with Crippen molar-refractivity contribution in [2.24, 2.45) is 0 Å². The number of carbonyl (C=O) groups excluding carboxylic acids is 1. The fraction of sp³-hybridized carbons (Fsp3) is 0.136. The van der Waals surface area contributed by atoms with Crippen LogP contribution in [0.1, 0.15) is 15.9 Å². The van der Waals surface area contributed by atoms with Gasteiger partial charge < -0.3 is 5.32 Å². The molecule has 168 valence electrons. The van der Waals surface area contributed by atoms with E-state index < -0.39 is 21.9 Å². The first-order valence-corrected chi connectivity index (χ1v) is 11.6. The van der Waals surface area contributed by atoms with Gasteiger partial charge in [-0.1, -0.05) is 53.5 Å². The third-order valence-corrected chi connectivity index (χ3v) is 7.04. The van der Waals surface area contributed by atoms with E-state index in [1.54, 1.807) is 36.4 Å². The van der Waals surface area contributed by atoms with Crippen LogP contribution in [0, 0.1) is 5.82 Å². The van der Waals surface area contributed by atoms with Crippen LogP contribution < -0.4 is 9.62 Å². The fourth-order valence-corrected chi connectivity index (χ4v) is 4.47. The van der Waals surface area contributed by atoms with Crippen LogP contribution in [-0.4, -0.2) is 32.7 Å². The lowest BCUT2D eigenvalue weighted by Crippen LogP contribution is -2.40. The maximum atomic E-state index is 14.4. The Morgan fingerprint density at radius 3 is 2.09 bits per heavy atom. The molecular formula is C22H20Cl2FN3O3S. The average molecular weight is 496 g/mol. The van der Waals surface area contributed by atoms with Crippen LogP contribution in [0.3, 0.4) is 0 Å². The molecule has 0 atom stereocenters. The van der Waals surface area contributed by atoms with E-state index in [-0.39, 0.29) is 12.2 Å². The van der Waals surface area contributed by atoms with Crippen LogP contribution in [0.4, 0.5) is 15.8 Å². The molecular weight excluding hydrogens is 476 g/mol. The van der Waals surface area contributed by atoms with Crippen LogP contribution >= 0.6 is 23.2 Å². The smallest absolute Gasteiger partial charge is 0.303 e. The Kier molecular flexibility index (Phi) is 7.40. The first-order valence-electron chi connectivity index (χ1n) is 9.40. The van der Waals surface area contributed by atoms with Gasteiger partial charge in [-0.3, -0.25) is 9.10 Å². The molecule has 3 aromatic carbocycles. The second kappa shape index (κ2) is 9.87. The number of rotatable bonds is 7. The van der Waals surface area contributed by atoms with Crippen LogP contribution in [0.15, 0.2) is 66.7 Å². The van der Waals surface area contributed by atoms with E-state index in [0.717, 1.165) is 8.61 Å². The number of hydrogen-bond acceptors (Lipinski definition) is 3. The molecule has 0 spiro atoms. The summed E-state index contributed by atoms with van der Waals surface area (Å²) in [5.41, 5.74) is 1.10. The lowest BCUT2D eigenvalue weighted by molar-refractivity contribution is 0.102. The Morgan fingerprint density at radius 1 is 0.938 bits per heavy atom. The van der Waals surface area contributed by atoms with Gasteiger partial charge in [-0.05, 0) is 42.0 Å². The molecule has 32 heavy (non-hydrogen) atoms. The van der Waals surface area contributed by atoms with Gasteiger partial charge in [-0.15, -0.1) is 0 Å². The summed E-state index contributed by atoms with van der Waals surface area (Å²) in [5.74, 6) is -1.09. The summed E-state index contributed by atoms with van der Waals surface area (Å²) in [6, 6.07) is 16.8. The van der Waals surface area contributed by atoms with E-state index in [1.807, 2.05) is 0 Å². The molecule has 0 aliphatic rings. The van der Waals surface area contributed by atoms with Crippen molar-refractivity contribution in [3.63, 3.8) is 0 Å². The standard InChI is InChI=1S/C22H20Cl2FN3O3S/c1-27(2)32(30,31)28(20-9-4-3-8-19(20)25)14-15-10-12-16(13-11-15)22(29)26-21-17(23)6-5-7-18(21)24/h3-13H,14H2,1-2H3,(H,26,29). The van der Waals surface area contributed by atoms with Crippen LogP contribution in [-0.2, 0) is 16.8 Å². The third kappa shape index (κ3) is 5.21. The van der Waals surface area contributed by atoms with E-state index in [0.29, 0.717) is 26.9 Å². The van der Waals surface area contributed by atoms with Gasteiger partial charge in [0.05, 0.1) is 28.0 Å². The second-order valence-electron chi connectivity index (χ2n) is 7.00. The number of nitrogens with one attached hydrogen (secondary N) is 1. The second-order valence-corrected chi connectivity index (χ2v) is 9.88. The number of hydrogen-bond donors (Lipinski definition) is 1. The molecule has 0 saturated heterocycles. The Morgan fingerprint density at radius 2 is 1.53 bits per heavy atom. The molecule has 0 aliphatic carbocycles. The highest BCUT2D eigenvalue weighted by Crippen LogP contribution is 2.30. The predicted octanol–water partition coefficient (Wildman–Crippen LogP) is 5.20. The average Bonchev–Trinajstić information content (AvgIpc) is 2.75. The first-order chi connectivity index (χ1) is 15.1. The zero-order valence-electron chi connectivity index (χ0n) is 17.2. The number of halogens is 3. The van der Waals surface area contributed by atoms with Crippen molar-refractivity contribution >= 4 is 50.7 Å². The summed E-state index contributed by atoms with van der Waals surface area (Å²) < 4.78 is 42.0. The van der Waals surface area contributed by atoms with Gasteiger partial charge >= 0.3 is 10.2 Å². The molecule has 10 heteroatoms. The van der Waals surface area contributed by atoms with Crippen molar-refractivity contribution in [3.8, 4) is 0 Å². The molecule has 0 radical (unpaired) electrons. The molecule has 3 rings (SSSR count). The van der Waals surface area contributed by atoms with Crippen molar-refractivity contribution in [1.29, 1.82) is 0 Å². The number of para-hydroxylation sites is 2. The van der Waals surface area contributed by atoms with Crippen molar-refractivity contribution < 1.29 is 17.6 Å². The van der Waals surface area contributed by atoms with E-state index in [1.165, 1.54) is 44.4 Å². The molecule has 1 N–H and O–H groups in total. The number of amides is 1. The van der Waals surface area contributed by atoms with Crippen LogP contribution in [0.2, 0.25) is 10.0 Å². The summed E-state index contributed by atoms with van der Waals surface area (Å²) in [5, 5.41) is 3.27. The monoisotopic (exact) mass is 495 g/mol. The van der Waals surface area contributed by atoms with E-state index in [2.05, 4.69) is 5.32 Å². The largest absolute Gasteiger partial charge is 0.319 e. The lowest BCUT2D eigenvalue weighted by atomic mass is 10.1. The number of anilines is 2. The van der Waals surface area contributed by atoms with E-state index in [4.69, 9.17) is 23.2 Å². The minimum Gasteiger partial charge on any atom is -0.319 e. The highest BCUT2D eigenvalue weighted by molar-refractivity contribution is 7.90. The summed E-state index contributed by atoms with van der Waals surface area (Å²) in [6.45, 7) is -0.125. The zero-order chi connectivity index (χ0) is 23.5. The minimum absolute atomic E-state index is 0.0728. The number of carbonyl (C=O) groups is 1. The SMILES string of the molecule is CN(C)S(=O)(=O)N(Cc1ccc(C(=O)Nc2c(Cl)cccc2Cl)cc1)c1ccccc1F. The molecule has 6 nitrogen and oxygen atoms in total. The van der Waals surface area contributed by atoms with Crippen molar-refractivity contribution in [2.75, 3.05) is 23.7 Å². The van der Waals surface area contributed by atoms with E-state index in [9.17, 15) is 17.6 Å². The highest BCUT2D eigenvalue weighted by atomic mass is 35.5. The maximum Gasteiger partial charge on any atom is 0.303 e. The molecule has 0 aliphatic heterocycles. The molecule has 0 unspecified atom stereocenters. The summed E-state index contributed by atoms with van der Waals surface area (Å²) in [6.07, 6.45) is 0. The molecule has 0 aromatic heterocycles. The van der Waals surface area contributed by atoms with Gasteiger partial charge in [0.15, 0.2) is 0 Å². The fourth-order valence-electron chi connectivity index (χ4n) is 2.87. The van der Waals surface area contributed by atoms with Crippen LogP contribution in [0.25, 0.3) is 0 Å². The molecule has 0 fully saturated rings. The van der Waals surface area contributed by atoms with E-state index >= 15 is 0 Å². The van der Waals surface area contributed by atoms with Gasteiger partial charge in [0.2, 0.25) is 0 Å².